The van der Waals surface area contributed by atoms with Crippen molar-refractivity contribution >= 4 is 17.6 Å². The summed E-state index contributed by atoms with van der Waals surface area (Å²) in [6, 6.07) is 5.29. The van der Waals surface area contributed by atoms with E-state index in [-0.39, 0.29) is 0 Å². The Morgan fingerprint density at radius 2 is 1.70 bits per heavy atom. The Hall–Kier alpha value is -1.76. The highest BCUT2D eigenvalue weighted by atomic mass is 32.2. The number of aromatic nitrogens is 2. The van der Waals surface area contributed by atoms with E-state index in [0.717, 1.165) is 31.0 Å². The maximum absolute atomic E-state index is 12.8. The molecular formula is C20H22F3N3S. The molecule has 7 heteroatoms. The largest absolute Gasteiger partial charge is 0.416 e. The van der Waals surface area contributed by atoms with Crippen LogP contribution in [-0.2, 0) is 6.18 Å². The third-order valence-electron chi connectivity index (χ3n) is 5.81. The number of nitrogens with zero attached hydrogens (tertiary/aromatic N) is 3. The number of halogens is 3. The molecule has 1 spiro atoms. The molecule has 2 heterocycles. The quantitative estimate of drug-likeness (QED) is 0.658. The van der Waals surface area contributed by atoms with Gasteiger partial charge in [0.05, 0.1) is 18.0 Å². The van der Waals surface area contributed by atoms with Gasteiger partial charge in [-0.1, -0.05) is 30.7 Å². The molecule has 0 amide bonds. The predicted molar refractivity (Wildman–Crippen MR) is 99.9 cm³/mol. The van der Waals surface area contributed by atoms with Crippen LogP contribution in [0.2, 0.25) is 0 Å². The normalized spacial score (nSPS) is 19.6. The minimum atomic E-state index is -4.34. The first-order valence-electron chi connectivity index (χ1n) is 9.36. The van der Waals surface area contributed by atoms with Crippen molar-refractivity contribution in [1.82, 2.24) is 9.97 Å². The standard InChI is InChI=1S/C20H22F3N3S/c21-20(22,23)15-4-3-5-16(12-15)27-18-14-24-17(13-25-18)26-10-8-19(9-11-26)6-1-2-7-19/h3-5,12-14H,1-2,6-11H2. The van der Waals surface area contributed by atoms with Gasteiger partial charge in [0.15, 0.2) is 0 Å². The first-order valence-corrected chi connectivity index (χ1v) is 10.2. The molecule has 0 atom stereocenters. The van der Waals surface area contributed by atoms with E-state index in [2.05, 4.69) is 14.9 Å². The average Bonchev–Trinajstić information content (AvgIpc) is 3.11. The summed E-state index contributed by atoms with van der Waals surface area (Å²) >= 11 is 1.20. The molecule has 0 N–H and O–H groups in total. The molecular weight excluding hydrogens is 371 g/mol. The topological polar surface area (TPSA) is 29.0 Å². The van der Waals surface area contributed by atoms with E-state index < -0.39 is 11.7 Å². The molecule has 1 aromatic heterocycles. The summed E-state index contributed by atoms with van der Waals surface area (Å²) in [6.07, 6.45) is 6.94. The highest BCUT2D eigenvalue weighted by Gasteiger charge is 2.37. The third kappa shape index (κ3) is 4.23. The molecule has 1 aromatic carbocycles. The van der Waals surface area contributed by atoms with E-state index in [1.54, 1.807) is 18.5 Å². The van der Waals surface area contributed by atoms with Crippen LogP contribution in [0.3, 0.4) is 0 Å². The number of rotatable bonds is 3. The summed E-state index contributed by atoms with van der Waals surface area (Å²) in [7, 11) is 0. The van der Waals surface area contributed by atoms with Crippen molar-refractivity contribution < 1.29 is 13.2 Å². The smallest absolute Gasteiger partial charge is 0.355 e. The second-order valence-electron chi connectivity index (χ2n) is 7.53. The number of anilines is 1. The van der Waals surface area contributed by atoms with E-state index in [0.29, 0.717) is 15.3 Å². The maximum atomic E-state index is 12.8. The van der Waals surface area contributed by atoms with Crippen LogP contribution in [0.4, 0.5) is 19.0 Å². The minimum Gasteiger partial charge on any atom is -0.355 e. The highest BCUT2D eigenvalue weighted by molar-refractivity contribution is 7.99. The molecule has 27 heavy (non-hydrogen) atoms. The monoisotopic (exact) mass is 393 g/mol. The highest BCUT2D eigenvalue weighted by Crippen LogP contribution is 2.46. The van der Waals surface area contributed by atoms with Crippen molar-refractivity contribution in [3.8, 4) is 0 Å². The van der Waals surface area contributed by atoms with Gasteiger partial charge in [-0.3, -0.25) is 0 Å². The SMILES string of the molecule is FC(F)(F)c1cccc(Sc2cnc(N3CCC4(CCCC4)CC3)cn2)c1. The molecule has 2 fully saturated rings. The zero-order chi connectivity index (χ0) is 18.9. The van der Waals surface area contributed by atoms with E-state index in [4.69, 9.17) is 0 Å². The number of hydrogen-bond donors (Lipinski definition) is 0. The van der Waals surface area contributed by atoms with Crippen LogP contribution in [0.1, 0.15) is 44.1 Å². The molecule has 144 valence electrons. The Kier molecular flexibility index (Phi) is 5.05. The maximum Gasteiger partial charge on any atom is 0.416 e. The van der Waals surface area contributed by atoms with Gasteiger partial charge in [0, 0.05) is 18.0 Å². The van der Waals surface area contributed by atoms with Gasteiger partial charge in [-0.25, -0.2) is 9.97 Å². The van der Waals surface area contributed by atoms with Crippen LogP contribution in [0.15, 0.2) is 46.6 Å². The number of piperidine rings is 1. The van der Waals surface area contributed by atoms with Gasteiger partial charge in [0.1, 0.15) is 10.8 Å². The summed E-state index contributed by atoms with van der Waals surface area (Å²) in [5.74, 6) is 0.858. The van der Waals surface area contributed by atoms with Crippen molar-refractivity contribution in [3.63, 3.8) is 0 Å². The molecule has 4 rings (SSSR count). The van der Waals surface area contributed by atoms with Crippen molar-refractivity contribution in [3.05, 3.63) is 42.2 Å². The molecule has 1 aliphatic heterocycles. The molecule has 1 aliphatic carbocycles. The molecule has 3 nitrogen and oxygen atoms in total. The lowest BCUT2D eigenvalue weighted by Gasteiger charge is -2.39. The van der Waals surface area contributed by atoms with Crippen LogP contribution in [0.25, 0.3) is 0 Å². The van der Waals surface area contributed by atoms with Crippen LogP contribution in [-0.4, -0.2) is 23.1 Å². The Bertz CT molecular complexity index is 776. The molecule has 2 aliphatic rings. The van der Waals surface area contributed by atoms with Crippen LogP contribution in [0.5, 0.6) is 0 Å². The van der Waals surface area contributed by atoms with Gasteiger partial charge >= 0.3 is 6.18 Å². The summed E-state index contributed by atoms with van der Waals surface area (Å²) in [5, 5.41) is 0.599. The van der Waals surface area contributed by atoms with E-state index >= 15 is 0 Å². The lowest BCUT2D eigenvalue weighted by molar-refractivity contribution is -0.137. The van der Waals surface area contributed by atoms with Gasteiger partial charge in [0.25, 0.3) is 0 Å². The summed E-state index contributed by atoms with van der Waals surface area (Å²) in [6.45, 7) is 2.02. The fraction of sp³-hybridized carbons (Fsp3) is 0.500. The van der Waals surface area contributed by atoms with Crippen LogP contribution >= 0.6 is 11.8 Å². The van der Waals surface area contributed by atoms with Gasteiger partial charge in [0.2, 0.25) is 0 Å². The zero-order valence-electron chi connectivity index (χ0n) is 15.0. The van der Waals surface area contributed by atoms with E-state index in [1.165, 1.54) is 56.4 Å². The fourth-order valence-electron chi connectivity index (χ4n) is 4.22. The zero-order valence-corrected chi connectivity index (χ0v) is 15.8. The minimum absolute atomic E-state index is 0.507. The Morgan fingerprint density at radius 1 is 0.963 bits per heavy atom. The van der Waals surface area contributed by atoms with Gasteiger partial charge < -0.3 is 4.90 Å². The first kappa shape index (κ1) is 18.6. The van der Waals surface area contributed by atoms with Gasteiger partial charge in [-0.05, 0) is 49.3 Å². The molecule has 0 radical (unpaired) electrons. The van der Waals surface area contributed by atoms with Crippen molar-refractivity contribution in [2.75, 3.05) is 18.0 Å². The van der Waals surface area contributed by atoms with Crippen molar-refractivity contribution in [1.29, 1.82) is 0 Å². The lowest BCUT2D eigenvalue weighted by Crippen LogP contribution is -2.39. The van der Waals surface area contributed by atoms with Crippen molar-refractivity contribution in [2.24, 2.45) is 5.41 Å². The first-order chi connectivity index (χ1) is 12.9. The van der Waals surface area contributed by atoms with E-state index in [9.17, 15) is 13.2 Å². The summed E-state index contributed by atoms with van der Waals surface area (Å²) < 4.78 is 38.5. The predicted octanol–water partition coefficient (Wildman–Crippen LogP) is 5.81. The van der Waals surface area contributed by atoms with Crippen LogP contribution < -0.4 is 4.90 Å². The Balaban J connectivity index is 1.40. The second kappa shape index (κ2) is 7.34. The summed E-state index contributed by atoms with van der Waals surface area (Å²) in [4.78, 5) is 11.7. The van der Waals surface area contributed by atoms with Crippen molar-refractivity contribution in [2.45, 2.75) is 54.6 Å². The molecule has 2 aromatic rings. The number of benzene rings is 1. The fourth-order valence-corrected chi connectivity index (χ4v) is 5.00. The number of hydrogen-bond acceptors (Lipinski definition) is 4. The molecule has 0 bridgehead atoms. The Morgan fingerprint density at radius 3 is 2.33 bits per heavy atom. The third-order valence-corrected chi connectivity index (χ3v) is 6.72. The Labute approximate surface area is 161 Å². The van der Waals surface area contributed by atoms with Gasteiger partial charge in [-0.15, -0.1) is 0 Å². The lowest BCUT2D eigenvalue weighted by atomic mass is 9.77. The van der Waals surface area contributed by atoms with Crippen LogP contribution in [0, 0.1) is 5.41 Å². The average molecular weight is 393 g/mol. The van der Waals surface area contributed by atoms with Gasteiger partial charge in [-0.2, -0.15) is 13.2 Å². The molecule has 1 saturated heterocycles. The second-order valence-corrected chi connectivity index (χ2v) is 8.63. The summed E-state index contributed by atoms with van der Waals surface area (Å²) in [5.41, 5.74) is -0.0883. The number of alkyl halides is 3. The molecule has 1 saturated carbocycles. The molecule has 0 unspecified atom stereocenters. The van der Waals surface area contributed by atoms with E-state index in [1.807, 2.05) is 0 Å².